The molecule has 3 rings (SSSR count). The lowest BCUT2D eigenvalue weighted by molar-refractivity contribution is 0.0973. The highest BCUT2D eigenvalue weighted by molar-refractivity contribution is 5.95. The van der Waals surface area contributed by atoms with E-state index in [1.165, 1.54) is 11.1 Å². The Hall–Kier alpha value is -2.78. The van der Waals surface area contributed by atoms with Gasteiger partial charge in [0.2, 0.25) is 0 Å². The normalized spacial score (nSPS) is 10.8. The lowest BCUT2D eigenvalue weighted by Gasteiger charge is -2.22. The van der Waals surface area contributed by atoms with Gasteiger partial charge in [-0.25, -0.2) is 0 Å². The summed E-state index contributed by atoms with van der Waals surface area (Å²) in [4.78, 5) is 18.7. The highest BCUT2D eigenvalue weighted by Crippen LogP contribution is 2.12. The molecule has 0 amide bonds. The van der Waals surface area contributed by atoms with E-state index in [9.17, 15) is 4.79 Å². The van der Waals surface area contributed by atoms with Gasteiger partial charge in [0.05, 0.1) is 0 Å². The van der Waals surface area contributed by atoms with Gasteiger partial charge in [0.25, 0.3) is 0 Å². The van der Waals surface area contributed by atoms with Crippen LogP contribution in [-0.2, 0) is 13.1 Å². The molecule has 0 aliphatic rings. The fourth-order valence-corrected chi connectivity index (χ4v) is 3.03. The molecule has 0 radical (unpaired) electrons. The highest BCUT2D eigenvalue weighted by Gasteiger charge is 2.10. The predicted molar refractivity (Wildman–Crippen MR) is 105 cm³/mol. The van der Waals surface area contributed by atoms with Gasteiger partial charge in [-0.15, -0.1) is 0 Å². The van der Waals surface area contributed by atoms with Crippen molar-refractivity contribution >= 4 is 5.78 Å². The minimum absolute atomic E-state index is 0.164. The van der Waals surface area contributed by atoms with Crippen LogP contribution in [0.2, 0.25) is 0 Å². The third-order valence-electron chi connectivity index (χ3n) is 4.36. The number of carbonyl (C=O) groups excluding carboxylic acids is 1. The molecule has 2 aromatic carbocycles. The minimum atomic E-state index is 0.164. The number of Topliss-reactive ketones (excluding diaryl/α,β-unsaturated/α-hetero) is 1. The minimum Gasteiger partial charge on any atom is -0.295 e. The number of hydrogen-bond acceptors (Lipinski definition) is 3. The van der Waals surface area contributed by atoms with Crippen molar-refractivity contribution < 1.29 is 4.79 Å². The van der Waals surface area contributed by atoms with Crippen LogP contribution in [0.1, 0.15) is 34.3 Å². The Balaban J connectivity index is 1.59. The lowest BCUT2D eigenvalue weighted by atomic mass is 10.1. The van der Waals surface area contributed by atoms with Gasteiger partial charge in [0.1, 0.15) is 0 Å². The first kappa shape index (κ1) is 18.0. The van der Waals surface area contributed by atoms with Gasteiger partial charge in [0, 0.05) is 37.5 Å². The van der Waals surface area contributed by atoms with Crippen LogP contribution in [0, 0.1) is 0 Å². The van der Waals surface area contributed by atoms with E-state index in [1.54, 1.807) is 12.4 Å². The largest absolute Gasteiger partial charge is 0.295 e. The molecule has 0 unspecified atom stereocenters. The van der Waals surface area contributed by atoms with Gasteiger partial charge in [-0.3, -0.25) is 14.7 Å². The Morgan fingerprint density at radius 3 is 1.96 bits per heavy atom. The molecule has 0 saturated heterocycles. The average Bonchev–Trinajstić information content (AvgIpc) is 2.70. The number of benzene rings is 2. The van der Waals surface area contributed by atoms with Crippen molar-refractivity contribution in [2.75, 3.05) is 6.54 Å². The Kier molecular flexibility index (Phi) is 6.68. The number of pyridine rings is 1. The predicted octanol–water partition coefficient (Wildman–Crippen LogP) is 4.75. The second-order valence-electron chi connectivity index (χ2n) is 6.45. The number of nitrogens with zero attached hydrogens (tertiary/aromatic N) is 2. The van der Waals surface area contributed by atoms with Gasteiger partial charge in [0.15, 0.2) is 5.78 Å². The number of carbonyl (C=O) groups is 1. The zero-order valence-electron chi connectivity index (χ0n) is 14.9. The van der Waals surface area contributed by atoms with E-state index in [2.05, 4.69) is 58.4 Å². The van der Waals surface area contributed by atoms with Gasteiger partial charge < -0.3 is 0 Å². The molecule has 0 bridgehead atoms. The number of aromatic nitrogens is 1. The molecular weight excluding hydrogens is 320 g/mol. The van der Waals surface area contributed by atoms with E-state index < -0.39 is 0 Å². The monoisotopic (exact) mass is 344 g/mol. The summed E-state index contributed by atoms with van der Waals surface area (Å²) >= 11 is 0. The van der Waals surface area contributed by atoms with Crippen molar-refractivity contribution in [1.82, 2.24) is 9.88 Å². The van der Waals surface area contributed by atoms with Crippen LogP contribution in [0.3, 0.4) is 0 Å². The lowest BCUT2D eigenvalue weighted by Crippen LogP contribution is -2.24. The van der Waals surface area contributed by atoms with Gasteiger partial charge in [-0.2, -0.15) is 0 Å². The number of hydrogen-bond donors (Lipinski definition) is 0. The molecular formula is C23H24N2O. The van der Waals surface area contributed by atoms with E-state index in [0.717, 1.165) is 26.1 Å². The number of ketones is 1. The van der Waals surface area contributed by atoms with Crippen LogP contribution in [-0.4, -0.2) is 22.2 Å². The van der Waals surface area contributed by atoms with E-state index in [0.29, 0.717) is 12.0 Å². The highest BCUT2D eigenvalue weighted by atomic mass is 16.1. The third-order valence-corrected chi connectivity index (χ3v) is 4.36. The van der Waals surface area contributed by atoms with E-state index in [-0.39, 0.29) is 5.78 Å². The second kappa shape index (κ2) is 9.64. The molecule has 132 valence electrons. The van der Waals surface area contributed by atoms with E-state index in [1.807, 2.05) is 24.3 Å². The Bertz CT molecular complexity index is 747. The van der Waals surface area contributed by atoms with Crippen LogP contribution in [0.25, 0.3) is 0 Å². The molecule has 0 saturated carbocycles. The summed E-state index contributed by atoms with van der Waals surface area (Å²) in [5.74, 6) is 0.164. The van der Waals surface area contributed by atoms with Crippen molar-refractivity contribution in [1.29, 1.82) is 0 Å². The SMILES string of the molecule is O=C(CCCN(Cc1ccccc1)Cc1ccccc1)c1cccnc1. The van der Waals surface area contributed by atoms with Gasteiger partial charge in [-0.1, -0.05) is 60.7 Å². The molecule has 26 heavy (non-hydrogen) atoms. The average molecular weight is 344 g/mol. The van der Waals surface area contributed by atoms with E-state index in [4.69, 9.17) is 0 Å². The van der Waals surface area contributed by atoms with Crippen LogP contribution in [0.4, 0.5) is 0 Å². The number of rotatable bonds is 9. The quantitative estimate of drug-likeness (QED) is 0.525. The Morgan fingerprint density at radius 1 is 0.808 bits per heavy atom. The van der Waals surface area contributed by atoms with Gasteiger partial charge in [-0.05, 0) is 36.2 Å². The molecule has 1 aromatic heterocycles. The molecule has 0 aliphatic carbocycles. The summed E-state index contributed by atoms with van der Waals surface area (Å²) in [6.45, 7) is 2.66. The molecule has 0 aliphatic heterocycles. The molecule has 3 nitrogen and oxygen atoms in total. The summed E-state index contributed by atoms with van der Waals surface area (Å²) in [7, 11) is 0. The molecule has 0 N–H and O–H groups in total. The Morgan fingerprint density at radius 2 is 1.42 bits per heavy atom. The van der Waals surface area contributed by atoms with Crippen LogP contribution < -0.4 is 0 Å². The van der Waals surface area contributed by atoms with Gasteiger partial charge >= 0.3 is 0 Å². The maximum absolute atomic E-state index is 12.3. The van der Waals surface area contributed by atoms with Crippen molar-refractivity contribution in [3.63, 3.8) is 0 Å². The van der Waals surface area contributed by atoms with Crippen molar-refractivity contribution in [2.45, 2.75) is 25.9 Å². The van der Waals surface area contributed by atoms with Crippen molar-refractivity contribution in [3.05, 3.63) is 102 Å². The summed E-state index contributed by atoms with van der Waals surface area (Å²) in [5.41, 5.74) is 3.29. The summed E-state index contributed by atoms with van der Waals surface area (Å²) in [5, 5.41) is 0. The summed E-state index contributed by atoms with van der Waals surface area (Å²) in [6, 6.07) is 24.6. The van der Waals surface area contributed by atoms with Crippen LogP contribution in [0.15, 0.2) is 85.2 Å². The first-order chi connectivity index (χ1) is 12.8. The Labute approximate surface area is 155 Å². The maximum atomic E-state index is 12.3. The summed E-state index contributed by atoms with van der Waals surface area (Å²) in [6.07, 6.45) is 4.73. The fraction of sp³-hybridized carbons (Fsp3) is 0.217. The maximum Gasteiger partial charge on any atom is 0.164 e. The first-order valence-electron chi connectivity index (χ1n) is 9.05. The van der Waals surface area contributed by atoms with E-state index >= 15 is 0 Å². The molecule has 3 heteroatoms. The van der Waals surface area contributed by atoms with Crippen molar-refractivity contribution in [3.8, 4) is 0 Å². The molecule has 1 heterocycles. The second-order valence-corrected chi connectivity index (χ2v) is 6.45. The molecule has 0 atom stereocenters. The molecule has 3 aromatic rings. The fourth-order valence-electron chi connectivity index (χ4n) is 3.03. The third kappa shape index (κ3) is 5.64. The topological polar surface area (TPSA) is 33.2 Å². The zero-order chi connectivity index (χ0) is 18.0. The zero-order valence-corrected chi connectivity index (χ0v) is 14.9. The van der Waals surface area contributed by atoms with Crippen molar-refractivity contribution in [2.24, 2.45) is 0 Å². The smallest absolute Gasteiger partial charge is 0.164 e. The van der Waals surface area contributed by atoms with Crippen LogP contribution >= 0.6 is 0 Å². The first-order valence-corrected chi connectivity index (χ1v) is 9.05. The van der Waals surface area contributed by atoms with Crippen LogP contribution in [0.5, 0.6) is 0 Å². The summed E-state index contributed by atoms with van der Waals surface area (Å²) < 4.78 is 0. The molecule has 0 fully saturated rings. The standard InChI is InChI=1S/C23H24N2O/c26-23(22-13-7-15-24-17-22)14-8-16-25(18-20-9-3-1-4-10-20)19-21-11-5-2-6-12-21/h1-7,9-13,15,17H,8,14,16,18-19H2. The molecule has 0 spiro atoms.